The van der Waals surface area contributed by atoms with Gasteiger partial charge in [0.2, 0.25) is 0 Å². The van der Waals surface area contributed by atoms with Crippen LogP contribution >= 0.6 is 0 Å². The van der Waals surface area contributed by atoms with Crippen molar-refractivity contribution in [2.45, 2.75) is 38.6 Å². The summed E-state index contributed by atoms with van der Waals surface area (Å²) in [5, 5.41) is 3.64. The van der Waals surface area contributed by atoms with Gasteiger partial charge >= 0.3 is 0 Å². The summed E-state index contributed by atoms with van der Waals surface area (Å²) in [5.41, 5.74) is 1.51. The van der Waals surface area contributed by atoms with E-state index < -0.39 is 0 Å². The maximum absolute atomic E-state index is 3.64. The number of rotatable bonds is 3. The zero-order valence-corrected chi connectivity index (χ0v) is 9.74. The highest BCUT2D eigenvalue weighted by molar-refractivity contribution is 5.22. The molecule has 15 heavy (non-hydrogen) atoms. The molecule has 82 valence electrons. The van der Waals surface area contributed by atoms with Crippen molar-refractivity contribution in [3.05, 3.63) is 35.9 Å². The molecular formula is C14H21N. The van der Waals surface area contributed by atoms with Gasteiger partial charge in [0.1, 0.15) is 0 Å². The van der Waals surface area contributed by atoms with E-state index in [2.05, 4.69) is 49.5 Å². The Hall–Kier alpha value is -0.820. The molecule has 1 nitrogen and oxygen atoms in total. The van der Waals surface area contributed by atoms with Crippen molar-refractivity contribution in [1.29, 1.82) is 0 Å². The monoisotopic (exact) mass is 203 g/mol. The highest BCUT2D eigenvalue weighted by Crippen LogP contribution is 2.30. The summed E-state index contributed by atoms with van der Waals surface area (Å²) in [7, 11) is 0. The summed E-state index contributed by atoms with van der Waals surface area (Å²) in [6.45, 7) is 5.79. The summed E-state index contributed by atoms with van der Waals surface area (Å²) in [5.74, 6) is 1.51. The Balaban J connectivity index is 2.08. The zero-order chi connectivity index (χ0) is 10.7. The fraction of sp³-hybridized carbons (Fsp3) is 0.571. The topological polar surface area (TPSA) is 12.0 Å². The molecule has 2 atom stereocenters. The molecule has 1 aromatic carbocycles. The van der Waals surface area contributed by atoms with E-state index in [1.165, 1.54) is 24.9 Å². The quantitative estimate of drug-likeness (QED) is 0.795. The Morgan fingerprint density at radius 3 is 2.67 bits per heavy atom. The molecule has 2 unspecified atom stereocenters. The van der Waals surface area contributed by atoms with Gasteiger partial charge in [-0.05, 0) is 30.9 Å². The van der Waals surface area contributed by atoms with Crippen LogP contribution < -0.4 is 5.32 Å². The number of benzene rings is 1. The minimum absolute atomic E-state index is 0.687. The maximum Gasteiger partial charge on any atom is 0.0139 e. The predicted molar refractivity (Wildman–Crippen MR) is 65.0 cm³/mol. The lowest BCUT2D eigenvalue weighted by atomic mass is 9.87. The van der Waals surface area contributed by atoms with Gasteiger partial charge in [-0.1, -0.05) is 44.2 Å². The van der Waals surface area contributed by atoms with E-state index in [4.69, 9.17) is 0 Å². The Morgan fingerprint density at radius 1 is 1.27 bits per heavy atom. The lowest BCUT2D eigenvalue weighted by Gasteiger charge is -2.21. The van der Waals surface area contributed by atoms with E-state index in [0.717, 1.165) is 11.8 Å². The molecule has 2 rings (SSSR count). The molecule has 1 saturated heterocycles. The second kappa shape index (κ2) is 4.80. The first-order chi connectivity index (χ1) is 7.27. The highest BCUT2D eigenvalue weighted by Gasteiger charge is 2.28. The summed E-state index contributed by atoms with van der Waals surface area (Å²) < 4.78 is 0. The molecule has 0 radical (unpaired) electrons. The van der Waals surface area contributed by atoms with E-state index in [1.807, 2.05) is 0 Å². The molecule has 1 heteroatoms. The fourth-order valence-corrected chi connectivity index (χ4v) is 2.62. The Bertz CT molecular complexity index is 291. The Labute approximate surface area is 92.9 Å². The van der Waals surface area contributed by atoms with Crippen molar-refractivity contribution >= 4 is 0 Å². The largest absolute Gasteiger partial charge is 0.313 e. The zero-order valence-electron chi connectivity index (χ0n) is 9.74. The Kier molecular flexibility index (Phi) is 3.42. The third kappa shape index (κ3) is 2.60. The van der Waals surface area contributed by atoms with Crippen molar-refractivity contribution in [2.24, 2.45) is 5.92 Å². The van der Waals surface area contributed by atoms with E-state index >= 15 is 0 Å². The molecule has 1 heterocycles. The lowest BCUT2D eigenvalue weighted by molar-refractivity contribution is 0.434. The molecule has 1 fully saturated rings. The first-order valence-corrected chi connectivity index (χ1v) is 6.05. The molecule has 0 saturated carbocycles. The molecule has 0 amide bonds. The van der Waals surface area contributed by atoms with Crippen LogP contribution in [0, 0.1) is 5.92 Å². The predicted octanol–water partition coefficient (Wildman–Crippen LogP) is 3.18. The second-order valence-corrected chi connectivity index (χ2v) is 5.00. The van der Waals surface area contributed by atoms with Gasteiger partial charge in [0.05, 0.1) is 0 Å². The molecule has 1 N–H and O–H groups in total. The van der Waals surface area contributed by atoms with Gasteiger partial charge in [-0.3, -0.25) is 0 Å². The minimum atomic E-state index is 0.687. The SMILES string of the molecule is CC(C)CC1NCCC1c1ccccc1. The standard InChI is InChI=1S/C14H21N/c1-11(2)10-14-13(8-9-15-14)12-6-4-3-5-7-12/h3-7,11,13-15H,8-10H2,1-2H3. The van der Waals surface area contributed by atoms with Crippen LogP contribution in [0.3, 0.4) is 0 Å². The average molecular weight is 203 g/mol. The van der Waals surface area contributed by atoms with Crippen molar-refractivity contribution in [3.8, 4) is 0 Å². The molecule has 1 aliphatic rings. The first kappa shape index (κ1) is 10.7. The molecule has 0 spiro atoms. The summed E-state index contributed by atoms with van der Waals surface area (Å²) >= 11 is 0. The maximum atomic E-state index is 3.64. The van der Waals surface area contributed by atoms with Gasteiger partial charge in [-0.25, -0.2) is 0 Å². The lowest BCUT2D eigenvalue weighted by Crippen LogP contribution is -2.27. The van der Waals surface area contributed by atoms with Crippen LogP contribution in [0.5, 0.6) is 0 Å². The van der Waals surface area contributed by atoms with Crippen LogP contribution in [-0.4, -0.2) is 12.6 Å². The van der Waals surface area contributed by atoms with Crippen molar-refractivity contribution < 1.29 is 0 Å². The first-order valence-electron chi connectivity index (χ1n) is 6.05. The highest BCUT2D eigenvalue weighted by atomic mass is 14.9. The van der Waals surface area contributed by atoms with Crippen LogP contribution in [0.25, 0.3) is 0 Å². The average Bonchev–Trinajstić information content (AvgIpc) is 2.66. The van der Waals surface area contributed by atoms with Gasteiger partial charge in [0, 0.05) is 12.0 Å². The summed E-state index contributed by atoms with van der Waals surface area (Å²) in [4.78, 5) is 0. The second-order valence-electron chi connectivity index (χ2n) is 5.00. The number of hydrogen-bond acceptors (Lipinski definition) is 1. The van der Waals surface area contributed by atoms with Crippen LogP contribution in [-0.2, 0) is 0 Å². The van der Waals surface area contributed by atoms with E-state index in [-0.39, 0.29) is 0 Å². The van der Waals surface area contributed by atoms with E-state index in [1.54, 1.807) is 0 Å². The normalized spacial score (nSPS) is 26.1. The summed E-state index contributed by atoms with van der Waals surface area (Å²) in [6.07, 6.45) is 2.58. The fourth-order valence-electron chi connectivity index (χ4n) is 2.62. The van der Waals surface area contributed by atoms with Gasteiger partial charge in [-0.2, -0.15) is 0 Å². The number of hydrogen-bond donors (Lipinski definition) is 1. The third-order valence-corrected chi connectivity index (χ3v) is 3.30. The molecule has 1 aromatic rings. The van der Waals surface area contributed by atoms with E-state index in [0.29, 0.717) is 6.04 Å². The van der Waals surface area contributed by atoms with Crippen molar-refractivity contribution in [1.82, 2.24) is 5.32 Å². The van der Waals surface area contributed by atoms with Gasteiger partial charge in [0.25, 0.3) is 0 Å². The molecule has 0 aromatic heterocycles. The van der Waals surface area contributed by atoms with Crippen LogP contribution in [0.15, 0.2) is 30.3 Å². The van der Waals surface area contributed by atoms with Crippen LogP contribution in [0.1, 0.15) is 38.2 Å². The van der Waals surface area contributed by atoms with Crippen molar-refractivity contribution in [3.63, 3.8) is 0 Å². The van der Waals surface area contributed by atoms with E-state index in [9.17, 15) is 0 Å². The molecule has 0 aliphatic carbocycles. The van der Waals surface area contributed by atoms with Gasteiger partial charge in [0.15, 0.2) is 0 Å². The molecule has 1 aliphatic heterocycles. The molecule has 0 bridgehead atoms. The summed E-state index contributed by atoms with van der Waals surface area (Å²) in [6, 6.07) is 11.6. The van der Waals surface area contributed by atoms with Crippen LogP contribution in [0.2, 0.25) is 0 Å². The Morgan fingerprint density at radius 2 is 2.00 bits per heavy atom. The smallest absolute Gasteiger partial charge is 0.0139 e. The number of nitrogens with one attached hydrogen (secondary N) is 1. The van der Waals surface area contributed by atoms with Gasteiger partial charge < -0.3 is 5.32 Å². The third-order valence-electron chi connectivity index (χ3n) is 3.30. The minimum Gasteiger partial charge on any atom is -0.313 e. The van der Waals surface area contributed by atoms with Crippen molar-refractivity contribution in [2.75, 3.05) is 6.54 Å². The van der Waals surface area contributed by atoms with Gasteiger partial charge in [-0.15, -0.1) is 0 Å². The molecular weight excluding hydrogens is 182 g/mol. The van der Waals surface area contributed by atoms with Crippen LogP contribution in [0.4, 0.5) is 0 Å².